The number of fused-ring (bicyclic) bond motifs is 1. The van der Waals surface area contributed by atoms with Gasteiger partial charge in [0.25, 0.3) is 5.91 Å². The van der Waals surface area contributed by atoms with Crippen LogP contribution in [-0.2, 0) is 12.0 Å². The zero-order valence-corrected chi connectivity index (χ0v) is 13.1. The molecular weight excluding hydrogens is 330 g/mol. The maximum Gasteiger partial charge on any atom is 0.251 e. The highest BCUT2D eigenvalue weighted by Gasteiger charge is 2.36. The lowest BCUT2D eigenvalue weighted by atomic mass is 9.96. The number of carbonyl (C=O) groups is 1. The van der Waals surface area contributed by atoms with Gasteiger partial charge >= 0.3 is 0 Å². The van der Waals surface area contributed by atoms with Gasteiger partial charge in [0.05, 0.1) is 6.54 Å². The van der Waals surface area contributed by atoms with Crippen LogP contribution in [0.2, 0.25) is 0 Å². The minimum atomic E-state index is -0.957. The third-order valence-corrected chi connectivity index (χ3v) is 4.50. The van der Waals surface area contributed by atoms with Crippen LogP contribution >= 0.6 is 15.9 Å². The van der Waals surface area contributed by atoms with Gasteiger partial charge in [0.2, 0.25) is 0 Å². The Morgan fingerprint density at radius 1 is 1.19 bits per heavy atom. The van der Waals surface area contributed by atoms with Crippen molar-refractivity contribution in [3.63, 3.8) is 0 Å². The minimum absolute atomic E-state index is 0.166. The molecule has 3 nitrogen and oxygen atoms in total. The number of amides is 1. The highest BCUT2D eigenvalue weighted by molar-refractivity contribution is 9.10. The summed E-state index contributed by atoms with van der Waals surface area (Å²) in [4.78, 5) is 12.1. The highest BCUT2D eigenvalue weighted by atomic mass is 79.9. The average molecular weight is 346 g/mol. The van der Waals surface area contributed by atoms with Crippen LogP contribution in [0.3, 0.4) is 0 Å². The van der Waals surface area contributed by atoms with E-state index in [2.05, 4.69) is 21.2 Å². The summed E-state index contributed by atoms with van der Waals surface area (Å²) in [6.07, 6.45) is 1.49. The van der Waals surface area contributed by atoms with Crippen molar-refractivity contribution in [1.29, 1.82) is 0 Å². The molecule has 1 unspecified atom stereocenters. The summed E-state index contributed by atoms with van der Waals surface area (Å²) in [7, 11) is 0. The number of aryl methyl sites for hydroxylation is 1. The molecule has 0 saturated carbocycles. The van der Waals surface area contributed by atoms with Crippen molar-refractivity contribution in [3.8, 4) is 0 Å². The maximum atomic E-state index is 12.1. The van der Waals surface area contributed by atoms with Gasteiger partial charge in [0.1, 0.15) is 5.60 Å². The van der Waals surface area contributed by atoms with Crippen molar-refractivity contribution >= 4 is 21.8 Å². The molecule has 0 fully saturated rings. The van der Waals surface area contributed by atoms with E-state index < -0.39 is 5.60 Å². The van der Waals surface area contributed by atoms with Crippen molar-refractivity contribution in [2.45, 2.75) is 18.4 Å². The zero-order chi connectivity index (χ0) is 14.9. The molecule has 2 N–H and O–H groups in total. The molecule has 0 aromatic heterocycles. The fraction of sp³-hybridized carbons (Fsp3) is 0.235. The molecule has 0 bridgehead atoms. The van der Waals surface area contributed by atoms with Gasteiger partial charge in [0, 0.05) is 10.0 Å². The lowest BCUT2D eigenvalue weighted by Crippen LogP contribution is -2.39. The van der Waals surface area contributed by atoms with Gasteiger partial charge in [-0.1, -0.05) is 40.2 Å². The van der Waals surface area contributed by atoms with Crippen LogP contribution < -0.4 is 5.32 Å². The van der Waals surface area contributed by atoms with Gasteiger partial charge in [-0.3, -0.25) is 4.79 Å². The molecule has 1 amide bonds. The first-order valence-electron chi connectivity index (χ1n) is 6.93. The van der Waals surface area contributed by atoms with Gasteiger partial charge in [-0.05, 0) is 48.2 Å². The van der Waals surface area contributed by atoms with Gasteiger partial charge in [-0.15, -0.1) is 0 Å². The van der Waals surface area contributed by atoms with Crippen molar-refractivity contribution in [3.05, 3.63) is 69.7 Å². The summed E-state index contributed by atoms with van der Waals surface area (Å²) in [5.74, 6) is -0.166. The largest absolute Gasteiger partial charge is 0.383 e. The van der Waals surface area contributed by atoms with Crippen LogP contribution in [0, 0.1) is 0 Å². The van der Waals surface area contributed by atoms with Gasteiger partial charge in [0.15, 0.2) is 0 Å². The predicted octanol–water partition coefficient (Wildman–Crippen LogP) is 3.01. The number of hydrogen-bond acceptors (Lipinski definition) is 2. The number of hydrogen-bond donors (Lipinski definition) is 2. The third kappa shape index (κ3) is 2.87. The first-order valence-corrected chi connectivity index (χ1v) is 7.72. The summed E-state index contributed by atoms with van der Waals surface area (Å²) in [5, 5.41) is 13.6. The van der Waals surface area contributed by atoms with Crippen LogP contribution in [0.5, 0.6) is 0 Å². The molecule has 4 heteroatoms. The summed E-state index contributed by atoms with van der Waals surface area (Å²) in [6, 6.07) is 15.0. The fourth-order valence-corrected chi connectivity index (χ4v) is 3.05. The molecular formula is C17H16BrNO2. The van der Waals surface area contributed by atoms with E-state index in [9.17, 15) is 9.90 Å². The molecule has 0 spiro atoms. The molecule has 108 valence electrons. The van der Waals surface area contributed by atoms with Crippen molar-refractivity contribution in [2.75, 3.05) is 6.54 Å². The molecule has 0 aliphatic heterocycles. The van der Waals surface area contributed by atoms with E-state index in [1.165, 1.54) is 0 Å². The smallest absolute Gasteiger partial charge is 0.251 e. The molecule has 2 aromatic rings. The Hall–Kier alpha value is -1.65. The van der Waals surface area contributed by atoms with E-state index in [-0.39, 0.29) is 12.5 Å². The second-order valence-electron chi connectivity index (χ2n) is 5.38. The van der Waals surface area contributed by atoms with Crippen molar-refractivity contribution in [1.82, 2.24) is 5.32 Å². The third-order valence-electron chi connectivity index (χ3n) is 3.97. The number of benzene rings is 2. The lowest BCUT2D eigenvalue weighted by Gasteiger charge is -2.24. The fourth-order valence-electron chi connectivity index (χ4n) is 2.78. The lowest BCUT2D eigenvalue weighted by molar-refractivity contribution is 0.0369. The van der Waals surface area contributed by atoms with E-state index >= 15 is 0 Å². The second kappa shape index (κ2) is 5.62. The Kier molecular flexibility index (Phi) is 3.83. The Bertz CT molecular complexity index is 669. The highest BCUT2D eigenvalue weighted by Crippen LogP contribution is 2.36. The number of carbonyl (C=O) groups excluding carboxylic acids is 1. The van der Waals surface area contributed by atoms with Crippen molar-refractivity contribution < 1.29 is 9.90 Å². The molecule has 1 aliphatic carbocycles. The molecule has 1 aliphatic rings. The topological polar surface area (TPSA) is 49.3 Å². The Labute approximate surface area is 132 Å². The molecule has 2 aromatic carbocycles. The molecule has 21 heavy (non-hydrogen) atoms. The van der Waals surface area contributed by atoms with Gasteiger partial charge in [-0.25, -0.2) is 0 Å². The number of halogens is 1. The summed E-state index contributed by atoms with van der Waals surface area (Å²) >= 11 is 3.34. The number of nitrogens with one attached hydrogen (secondary N) is 1. The zero-order valence-electron chi connectivity index (χ0n) is 11.5. The van der Waals surface area contributed by atoms with E-state index in [0.29, 0.717) is 12.0 Å². The molecule has 3 rings (SSSR count). The standard InChI is InChI=1S/C17H16BrNO2/c18-14-7-5-13(6-8-14)16(20)19-11-17(21)10-9-12-3-1-2-4-15(12)17/h1-8,21H,9-11H2,(H,19,20). The second-order valence-corrected chi connectivity index (χ2v) is 6.29. The average Bonchev–Trinajstić information content (AvgIpc) is 2.84. The molecule has 0 heterocycles. The van der Waals surface area contributed by atoms with Crippen LogP contribution in [0.25, 0.3) is 0 Å². The SMILES string of the molecule is O=C(NCC1(O)CCc2ccccc21)c1ccc(Br)cc1. The Morgan fingerprint density at radius 2 is 1.90 bits per heavy atom. The normalized spacial score (nSPS) is 20.1. The Morgan fingerprint density at radius 3 is 2.67 bits per heavy atom. The molecule has 0 saturated heterocycles. The van der Waals surface area contributed by atoms with E-state index in [1.54, 1.807) is 12.1 Å². The van der Waals surface area contributed by atoms with E-state index in [4.69, 9.17) is 0 Å². The van der Waals surface area contributed by atoms with Crippen LogP contribution in [-0.4, -0.2) is 17.6 Å². The predicted molar refractivity (Wildman–Crippen MR) is 85.1 cm³/mol. The van der Waals surface area contributed by atoms with Gasteiger partial charge in [-0.2, -0.15) is 0 Å². The van der Waals surface area contributed by atoms with E-state index in [0.717, 1.165) is 22.0 Å². The Balaban J connectivity index is 1.71. The van der Waals surface area contributed by atoms with Crippen LogP contribution in [0.4, 0.5) is 0 Å². The van der Waals surface area contributed by atoms with Crippen LogP contribution in [0.1, 0.15) is 27.9 Å². The maximum absolute atomic E-state index is 12.1. The monoisotopic (exact) mass is 345 g/mol. The summed E-state index contributed by atoms with van der Waals surface area (Å²) in [6.45, 7) is 0.235. The first-order chi connectivity index (χ1) is 10.1. The van der Waals surface area contributed by atoms with Gasteiger partial charge < -0.3 is 10.4 Å². The molecule has 0 radical (unpaired) electrons. The first kappa shape index (κ1) is 14.3. The van der Waals surface area contributed by atoms with Crippen LogP contribution in [0.15, 0.2) is 53.0 Å². The number of aliphatic hydroxyl groups is 1. The summed E-state index contributed by atoms with van der Waals surface area (Å²) < 4.78 is 0.933. The minimum Gasteiger partial charge on any atom is -0.383 e. The van der Waals surface area contributed by atoms with E-state index in [1.807, 2.05) is 36.4 Å². The molecule has 1 atom stereocenters. The van der Waals surface area contributed by atoms with Crippen molar-refractivity contribution in [2.24, 2.45) is 0 Å². The summed E-state index contributed by atoms with van der Waals surface area (Å²) in [5.41, 5.74) is 1.73. The number of rotatable bonds is 3. The quantitative estimate of drug-likeness (QED) is 0.898.